The lowest BCUT2D eigenvalue weighted by Gasteiger charge is -2.34. The maximum absolute atomic E-state index is 2.65. The molecule has 0 aliphatic heterocycles. The minimum absolute atomic E-state index is 0.194. The van der Waals surface area contributed by atoms with Gasteiger partial charge in [-0.05, 0) is 148 Å². The summed E-state index contributed by atoms with van der Waals surface area (Å²) < 4.78 is 2.61. The zero-order valence-corrected chi connectivity index (χ0v) is 40.7. The Labute approximate surface area is 422 Å². The molecule has 1 aromatic heterocycles. The minimum atomic E-state index is -0.530. The summed E-state index contributed by atoms with van der Waals surface area (Å²) in [6.45, 7) is 4.80. The fourth-order valence-electron chi connectivity index (χ4n) is 13.8. The first-order chi connectivity index (χ1) is 35.5. The van der Waals surface area contributed by atoms with Crippen LogP contribution in [0.1, 0.15) is 47.2 Å². The predicted molar refractivity (Wildman–Crippen MR) is 306 cm³/mol. The summed E-state index contributed by atoms with van der Waals surface area (Å²) >= 11 is 1.88. The van der Waals surface area contributed by atoms with Gasteiger partial charge in [-0.3, -0.25) is 0 Å². The lowest BCUT2D eigenvalue weighted by atomic mass is 9.70. The second kappa shape index (κ2) is 14.5. The van der Waals surface area contributed by atoms with Crippen LogP contribution >= 0.6 is 11.3 Å². The maximum atomic E-state index is 2.65. The molecule has 2 heteroatoms. The number of hydrogen-bond donors (Lipinski definition) is 0. The van der Waals surface area contributed by atoms with E-state index in [0.717, 1.165) is 11.4 Å². The Bertz CT molecular complexity index is 4430. The molecule has 0 radical (unpaired) electrons. The summed E-state index contributed by atoms with van der Waals surface area (Å²) in [5.41, 5.74) is 21.0. The molecule has 0 unspecified atom stereocenters. The van der Waals surface area contributed by atoms with E-state index in [9.17, 15) is 0 Å². The van der Waals surface area contributed by atoms with Gasteiger partial charge in [0, 0.05) is 42.4 Å². The lowest BCUT2D eigenvalue weighted by molar-refractivity contribution is 0.660. The number of rotatable bonds is 4. The molecule has 1 spiro atoms. The van der Waals surface area contributed by atoms with Gasteiger partial charge in [0.25, 0.3) is 0 Å². The van der Waals surface area contributed by atoms with E-state index >= 15 is 0 Å². The molecule has 13 aromatic rings. The average molecular weight is 932 g/mol. The first-order valence-corrected chi connectivity index (χ1v) is 26.1. The fraction of sp³-hybridized carbons (Fsp3) is 0.0571. The van der Waals surface area contributed by atoms with Crippen LogP contribution in [-0.4, -0.2) is 0 Å². The van der Waals surface area contributed by atoms with Crippen molar-refractivity contribution in [3.8, 4) is 44.5 Å². The van der Waals surface area contributed by atoms with Crippen LogP contribution < -0.4 is 4.90 Å². The van der Waals surface area contributed by atoms with Crippen LogP contribution in [0, 0.1) is 0 Å². The van der Waals surface area contributed by atoms with Crippen molar-refractivity contribution in [1.82, 2.24) is 0 Å². The molecule has 16 rings (SSSR count). The smallest absolute Gasteiger partial charge is 0.0726 e. The molecule has 1 heterocycles. The van der Waals surface area contributed by atoms with Crippen molar-refractivity contribution in [3.63, 3.8) is 0 Å². The van der Waals surface area contributed by atoms with Crippen molar-refractivity contribution in [2.45, 2.75) is 24.7 Å². The summed E-state index contributed by atoms with van der Waals surface area (Å²) in [6.07, 6.45) is 0. The average Bonchev–Trinajstić information content (AvgIpc) is 4.13. The van der Waals surface area contributed by atoms with E-state index < -0.39 is 5.41 Å². The van der Waals surface area contributed by atoms with Crippen molar-refractivity contribution < 1.29 is 0 Å². The molecule has 0 saturated carbocycles. The van der Waals surface area contributed by atoms with Crippen LogP contribution in [-0.2, 0) is 10.8 Å². The zero-order chi connectivity index (χ0) is 47.5. The monoisotopic (exact) mass is 931 g/mol. The van der Waals surface area contributed by atoms with Crippen molar-refractivity contribution >= 4 is 80.9 Å². The van der Waals surface area contributed by atoms with Crippen molar-refractivity contribution in [2.24, 2.45) is 0 Å². The third kappa shape index (κ3) is 5.17. The summed E-state index contributed by atoms with van der Waals surface area (Å²) in [7, 11) is 0. The molecule has 72 heavy (non-hydrogen) atoms. The summed E-state index contributed by atoms with van der Waals surface area (Å²) in [4.78, 5) is 2.65. The van der Waals surface area contributed by atoms with Crippen LogP contribution in [0.2, 0.25) is 0 Å². The summed E-state index contributed by atoms with van der Waals surface area (Å²) in [5.74, 6) is 0. The SMILES string of the molecule is CC1(C)c2ccccc2-c2c(N(c3ccc4c5ccccc5c5ccccc5c4c3)c3cc4c(cc3-c3ccc5sc6ccccc6c5c3)-c3ccccc3C43c4ccccc4-c4ccccc43)cccc21. The van der Waals surface area contributed by atoms with Gasteiger partial charge in [0.1, 0.15) is 0 Å². The second-order valence-electron chi connectivity index (χ2n) is 20.6. The van der Waals surface area contributed by atoms with E-state index in [4.69, 9.17) is 0 Å². The van der Waals surface area contributed by atoms with Crippen LogP contribution in [0.3, 0.4) is 0 Å². The Hall–Kier alpha value is -8.56. The molecule has 1 nitrogen and oxygen atoms in total. The standard InChI is InChI=1S/C70H45NS/c1-69(2)58-27-12-10-26-53(58)68-62(69)31-17-32-64(68)71(43-35-36-48-46-20-4-3-18-44(46)45-19-5-6-21-47(45)55(48)39-43)65-41-63-56(40-54(65)42-34-37-67-57(38-42)52-25-11-16-33-66(52)72-67)51-24-9-15-30-61(51)70(63)59-28-13-7-22-49(59)50-23-8-14-29-60(50)70/h3-41H,1-2H3. The van der Waals surface area contributed by atoms with Gasteiger partial charge in [0.2, 0.25) is 0 Å². The number of hydrogen-bond acceptors (Lipinski definition) is 2. The highest BCUT2D eigenvalue weighted by atomic mass is 32.1. The summed E-state index contributed by atoms with van der Waals surface area (Å²) in [6, 6.07) is 90.3. The first kappa shape index (κ1) is 40.2. The number of benzene rings is 12. The van der Waals surface area contributed by atoms with Crippen LogP contribution in [0.5, 0.6) is 0 Å². The van der Waals surface area contributed by atoms with Crippen LogP contribution in [0.4, 0.5) is 17.1 Å². The normalized spacial score (nSPS) is 14.2. The molecule has 3 aliphatic carbocycles. The Morgan fingerprint density at radius 2 is 0.819 bits per heavy atom. The molecule has 12 aromatic carbocycles. The van der Waals surface area contributed by atoms with Gasteiger partial charge in [-0.25, -0.2) is 0 Å². The second-order valence-corrected chi connectivity index (χ2v) is 21.7. The Morgan fingerprint density at radius 1 is 0.306 bits per heavy atom. The van der Waals surface area contributed by atoms with E-state index in [0.29, 0.717) is 0 Å². The van der Waals surface area contributed by atoms with Gasteiger partial charge in [-0.15, -0.1) is 11.3 Å². The molecular weight excluding hydrogens is 887 g/mol. The number of thiophene rings is 1. The molecule has 0 amide bonds. The summed E-state index contributed by atoms with van der Waals surface area (Å²) in [5, 5.41) is 10.2. The van der Waals surface area contributed by atoms with Gasteiger partial charge in [0.05, 0.1) is 16.8 Å². The predicted octanol–water partition coefficient (Wildman–Crippen LogP) is 19.3. The maximum Gasteiger partial charge on any atom is 0.0726 e. The third-order valence-electron chi connectivity index (χ3n) is 16.9. The van der Waals surface area contributed by atoms with Gasteiger partial charge >= 0.3 is 0 Å². The number of nitrogens with zero attached hydrogens (tertiary/aromatic N) is 1. The van der Waals surface area contributed by atoms with E-state index in [1.54, 1.807) is 0 Å². The van der Waals surface area contributed by atoms with E-state index in [-0.39, 0.29) is 5.41 Å². The van der Waals surface area contributed by atoms with Crippen LogP contribution in [0.15, 0.2) is 237 Å². The quantitative estimate of drug-likeness (QED) is 0.159. The van der Waals surface area contributed by atoms with E-state index in [1.165, 1.54) is 136 Å². The Kier molecular flexibility index (Phi) is 8.10. The number of fused-ring (bicyclic) bond motifs is 22. The molecule has 0 bridgehead atoms. The van der Waals surface area contributed by atoms with Gasteiger partial charge in [-0.1, -0.05) is 202 Å². The van der Waals surface area contributed by atoms with E-state index in [1.807, 2.05) is 11.3 Å². The van der Waals surface area contributed by atoms with Gasteiger partial charge in [0.15, 0.2) is 0 Å². The van der Waals surface area contributed by atoms with Crippen molar-refractivity contribution in [1.29, 1.82) is 0 Å². The molecule has 0 atom stereocenters. The van der Waals surface area contributed by atoms with Crippen LogP contribution in [0.25, 0.3) is 97.0 Å². The van der Waals surface area contributed by atoms with E-state index in [2.05, 4.69) is 255 Å². The largest absolute Gasteiger partial charge is 0.309 e. The van der Waals surface area contributed by atoms with Crippen molar-refractivity contribution in [3.05, 3.63) is 270 Å². The molecule has 0 N–H and O–H groups in total. The zero-order valence-electron chi connectivity index (χ0n) is 39.9. The fourth-order valence-corrected chi connectivity index (χ4v) is 14.9. The third-order valence-corrected chi connectivity index (χ3v) is 18.0. The molecular formula is C70H45NS. The molecule has 3 aliphatic rings. The molecule has 336 valence electrons. The topological polar surface area (TPSA) is 3.24 Å². The lowest BCUT2D eigenvalue weighted by Crippen LogP contribution is -2.26. The Morgan fingerprint density at radius 3 is 1.49 bits per heavy atom. The first-order valence-electron chi connectivity index (χ1n) is 25.2. The minimum Gasteiger partial charge on any atom is -0.309 e. The van der Waals surface area contributed by atoms with Crippen molar-refractivity contribution in [2.75, 3.05) is 4.90 Å². The van der Waals surface area contributed by atoms with Gasteiger partial charge < -0.3 is 4.90 Å². The van der Waals surface area contributed by atoms with Gasteiger partial charge in [-0.2, -0.15) is 0 Å². The highest BCUT2D eigenvalue weighted by molar-refractivity contribution is 7.25. The number of anilines is 3. The highest BCUT2D eigenvalue weighted by Gasteiger charge is 2.52. The highest BCUT2D eigenvalue weighted by Crippen LogP contribution is 2.65. The molecule has 0 fully saturated rings. The molecule has 0 saturated heterocycles. The Balaban J connectivity index is 1.08.